The van der Waals surface area contributed by atoms with E-state index in [1.54, 1.807) is 12.3 Å². The average molecular weight is 296 g/mol. The van der Waals surface area contributed by atoms with Gasteiger partial charge in [0, 0.05) is 18.0 Å². The Bertz CT molecular complexity index is 569. The van der Waals surface area contributed by atoms with Crippen LogP contribution in [-0.2, 0) is 17.6 Å². The normalized spacial score (nSPS) is 10.5. The van der Waals surface area contributed by atoms with Crippen molar-refractivity contribution in [2.24, 2.45) is 0 Å². The summed E-state index contributed by atoms with van der Waals surface area (Å²) in [6, 6.07) is 8.04. The van der Waals surface area contributed by atoms with Crippen molar-refractivity contribution in [2.75, 3.05) is 6.54 Å². The number of hydrogen-bond donors (Lipinski definition) is 1. The van der Waals surface area contributed by atoms with Gasteiger partial charge in [0.2, 0.25) is 5.91 Å². The maximum absolute atomic E-state index is 13.5. The van der Waals surface area contributed by atoms with Crippen LogP contribution >= 0.6 is 11.6 Å². The molecule has 0 fully saturated rings. The number of carbonyl (C=O) groups is 1. The highest BCUT2D eigenvalue weighted by Gasteiger charge is 2.08. The molecule has 1 amide bonds. The number of hydrogen-bond acceptors (Lipinski definition) is 2. The van der Waals surface area contributed by atoms with Crippen LogP contribution in [-0.4, -0.2) is 12.5 Å². The minimum Gasteiger partial charge on any atom is -0.469 e. The SMILES string of the molecule is O=C(Cc1ccc(Cl)cc1F)NCCCc1ccco1. The van der Waals surface area contributed by atoms with Crippen LogP contribution in [0.15, 0.2) is 41.0 Å². The van der Waals surface area contributed by atoms with E-state index < -0.39 is 5.82 Å². The van der Waals surface area contributed by atoms with Crippen LogP contribution in [0.3, 0.4) is 0 Å². The molecular weight excluding hydrogens is 281 g/mol. The molecule has 1 aromatic carbocycles. The Balaban J connectivity index is 1.72. The summed E-state index contributed by atoms with van der Waals surface area (Å²) >= 11 is 5.66. The summed E-state index contributed by atoms with van der Waals surface area (Å²) in [6.07, 6.45) is 3.19. The second-order valence-electron chi connectivity index (χ2n) is 4.45. The van der Waals surface area contributed by atoms with Gasteiger partial charge in [0.25, 0.3) is 0 Å². The number of aryl methyl sites for hydroxylation is 1. The van der Waals surface area contributed by atoms with Gasteiger partial charge in [0.05, 0.1) is 12.7 Å². The van der Waals surface area contributed by atoms with Gasteiger partial charge in [-0.25, -0.2) is 4.39 Å². The third-order valence-electron chi connectivity index (χ3n) is 2.87. The molecule has 0 saturated carbocycles. The first-order chi connectivity index (χ1) is 9.65. The number of carbonyl (C=O) groups excluding carboxylic acids is 1. The largest absolute Gasteiger partial charge is 0.469 e. The molecule has 0 saturated heterocycles. The molecule has 1 N–H and O–H groups in total. The summed E-state index contributed by atoms with van der Waals surface area (Å²) in [6.45, 7) is 0.536. The highest BCUT2D eigenvalue weighted by atomic mass is 35.5. The first-order valence-corrected chi connectivity index (χ1v) is 6.76. The Kier molecular flexibility index (Phi) is 5.18. The van der Waals surface area contributed by atoms with E-state index >= 15 is 0 Å². The summed E-state index contributed by atoms with van der Waals surface area (Å²) in [4.78, 5) is 11.7. The molecule has 0 bridgehead atoms. The molecule has 0 aliphatic carbocycles. The van der Waals surface area contributed by atoms with E-state index in [0.717, 1.165) is 18.6 Å². The van der Waals surface area contributed by atoms with E-state index in [1.165, 1.54) is 12.1 Å². The van der Waals surface area contributed by atoms with Gasteiger partial charge in [-0.2, -0.15) is 0 Å². The van der Waals surface area contributed by atoms with Crippen LogP contribution in [0.5, 0.6) is 0 Å². The van der Waals surface area contributed by atoms with Gasteiger partial charge in [-0.3, -0.25) is 4.79 Å². The van der Waals surface area contributed by atoms with Crippen LogP contribution in [0, 0.1) is 5.82 Å². The molecule has 0 spiro atoms. The quantitative estimate of drug-likeness (QED) is 0.830. The van der Waals surface area contributed by atoms with E-state index in [0.29, 0.717) is 17.1 Å². The van der Waals surface area contributed by atoms with Gasteiger partial charge in [0.15, 0.2) is 0 Å². The molecule has 20 heavy (non-hydrogen) atoms. The van der Waals surface area contributed by atoms with E-state index in [4.69, 9.17) is 16.0 Å². The van der Waals surface area contributed by atoms with Gasteiger partial charge in [-0.1, -0.05) is 17.7 Å². The first-order valence-electron chi connectivity index (χ1n) is 6.38. The van der Waals surface area contributed by atoms with Crippen molar-refractivity contribution >= 4 is 17.5 Å². The third kappa shape index (κ3) is 4.38. The molecule has 2 rings (SSSR count). The lowest BCUT2D eigenvalue weighted by Gasteiger charge is -2.06. The standard InChI is InChI=1S/C15H15ClFNO2/c16-12-6-5-11(14(17)10-12)9-15(19)18-7-1-3-13-4-2-8-20-13/h2,4-6,8,10H,1,3,7,9H2,(H,18,19). The second-order valence-corrected chi connectivity index (χ2v) is 4.88. The average Bonchev–Trinajstić information content (AvgIpc) is 2.91. The lowest BCUT2D eigenvalue weighted by molar-refractivity contribution is -0.120. The molecule has 0 radical (unpaired) electrons. The number of benzene rings is 1. The van der Waals surface area contributed by atoms with Gasteiger partial charge in [-0.15, -0.1) is 0 Å². The summed E-state index contributed by atoms with van der Waals surface area (Å²) in [7, 11) is 0. The van der Waals surface area contributed by atoms with Crippen molar-refractivity contribution in [1.82, 2.24) is 5.32 Å². The molecule has 0 atom stereocenters. The maximum Gasteiger partial charge on any atom is 0.224 e. The molecule has 0 aliphatic heterocycles. The van der Waals surface area contributed by atoms with Crippen molar-refractivity contribution in [3.05, 3.63) is 58.8 Å². The van der Waals surface area contributed by atoms with E-state index in [1.807, 2.05) is 12.1 Å². The highest BCUT2D eigenvalue weighted by Crippen LogP contribution is 2.14. The Morgan fingerprint density at radius 1 is 1.35 bits per heavy atom. The van der Waals surface area contributed by atoms with E-state index in [2.05, 4.69) is 5.32 Å². The third-order valence-corrected chi connectivity index (χ3v) is 3.10. The number of furan rings is 1. The van der Waals surface area contributed by atoms with Crippen LogP contribution < -0.4 is 5.32 Å². The number of amides is 1. The second kappa shape index (κ2) is 7.10. The Morgan fingerprint density at radius 2 is 2.20 bits per heavy atom. The predicted octanol–water partition coefficient (Wildman–Crippen LogP) is 3.36. The molecule has 106 valence electrons. The fraction of sp³-hybridized carbons (Fsp3) is 0.267. The minimum absolute atomic E-state index is 0.0176. The number of rotatable bonds is 6. The molecule has 2 aromatic rings. The Hall–Kier alpha value is -1.81. The van der Waals surface area contributed by atoms with Gasteiger partial charge >= 0.3 is 0 Å². The van der Waals surface area contributed by atoms with Crippen LogP contribution in [0.4, 0.5) is 4.39 Å². The molecule has 5 heteroatoms. The van der Waals surface area contributed by atoms with E-state index in [-0.39, 0.29) is 12.3 Å². The summed E-state index contributed by atoms with van der Waals surface area (Å²) in [5.74, 6) is 0.233. The van der Waals surface area contributed by atoms with Crippen LogP contribution in [0.1, 0.15) is 17.7 Å². The zero-order chi connectivity index (χ0) is 14.4. The number of nitrogens with one attached hydrogen (secondary N) is 1. The fourth-order valence-corrected chi connectivity index (χ4v) is 2.00. The van der Waals surface area contributed by atoms with Crippen LogP contribution in [0.25, 0.3) is 0 Å². The topological polar surface area (TPSA) is 42.2 Å². The van der Waals surface area contributed by atoms with Gasteiger partial charge in [-0.05, 0) is 36.2 Å². The monoisotopic (exact) mass is 295 g/mol. The lowest BCUT2D eigenvalue weighted by Crippen LogP contribution is -2.26. The van der Waals surface area contributed by atoms with Gasteiger partial charge < -0.3 is 9.73 Å². The molecular formula is C15H15ClFNO2. The fourth-order valence-electron chi connectivity index (χ4n) is 1.85. The van der Waals surface area contributed by atoms with Crippen molar-refractivity contribution in [1.29, 1.82) is 0 Å². The van der Waals surface area contributed by atoms with Crippen molar-refractivity contribution < 1.29 is 13.6 Å². The number of halogens is 2. The predicted molar refractivity (Wildman–Crippen MR) is 75.2 cm³/mol. The zero-order valence-corrected chi connectivity index (χ0v) is 11.6. The first kappa shape index (κ1) is 14.6. The summed E-state index contributed by atoms with van der Waals surface area (Å²) in [5.41, 5.74) is 0.345. The summed E-state index contributed by atoms with van der Waals surface area (Å²) in [5, 5.41) is 3.08. The Morgan fingerprint density at radius 3 is 2.90 bits per heavy atom. The molecule has 1 heterocycles. The highest BCUT2D eigenvalue weighted by molar-refractivity contribution is 6.30. The van der Waals surface area contributed by atoms with Gasteiger partial charge in [0.1, 0.15) is 11.6 Å². The van der Waals surface area contributed by atoms with E-state index in [9.17, 15) is 9.18 Å². The molecule has 1 aromatic heterocycles. The van der Waals surface area contributed by atoms with Crippen LogP contribution in [0.2, 0.25) is 5.02 Å². The maximum atomic E-state index is 13.5. The zero-order valence-electron chi connectivity index (χ0n) is 10.9. The molecule has 3 nitrogen and oxygen atoms in total. The smallest absolute Gasteiger partial charge is 0.224 e. The minimum atomic E-state index is -0.455. The van der Waals surface area contributed by atoms with Crippen molar-refractivity contribution in [3.8, 4) is 0 Å². The van der Waals surface area contributed by atoms with Crippen molar-refractivity contribution in [3.63, 3.8) is 0 Å². The lowest BCUT2D eigenvalue weighted by atomic mass is 10.1. The molecule has 0 unspecified atom stereocenters. The summed E-state index contributed by atoms with van der Waals surface area (Å²) < 4.78 is 18.7. The van der Waals surface area contributed by atoms with Crippen molar-refractivity contribution in [2.45, 2.75) is 19.3 Å². The Labute approximate surface area is 121 Å². The molecule has 0 aliphatic rings.